The number of anilines is 1. The van der Waals surface area contributed by atoms with E-state index in [-0.39, 0.29) is 11.9 Å². The first kappa shape index (κ1) is 15.3. The Morgan fingerprint density at radius 1 is 1.40 bits per heavy atom. The summed E-state index contributed by atoms with van der Waals surface area (Å²) in [6.45, 7) is 4.58. The molecule has 2 rings (SSSR count). The van der Waals surface area contributed by atoms with Crippen molar-refractivity contribution in [3.63, 3.8) is 0 Å². The van der Waals surface area contributed by atoms with Crippen LogP contribution in [0.3, 0.4) is 0 Å². The van der Waals surface area contributed by atoms with E-state index >= 15 is 0 Å². The van der Waals surface area contributed by atoms with Gasteiger partial charge in [-0.25, -0.2) is 4.39 Å². The molecular weight excluding hydrogens is 255 g/mol. The molecule has 0 aromatic heterocycles. The predicted molar refractivity (Wildman–Crippen MR) is 80.7 cm³/mol. The van der Waals surface area contributed by atoms with Gasteiger partial charge in [-0.05, 0) is 50.4 Å². The van der Waals surface area contributed by atoms with E-state index < -0.39 is 0 Å². The molecule has 112 valence electrons. The van der Waals surface area contributed by atoms with Gasteiger partial charge in [0.05, 0.1) is 5.69 Å². The van der Waals surface area contributed by atoms with Crippen molar-refractivity contribution in [2.45, 2.75) is 25.8 Å². The quantitative estimate of drug-likeness (QED) is 0.897. The van der Waals surface area contributed by atoms with Crippen LogP contribution < -0.4 is 10.2 Å². The summed E-state index contributed by atoms with van der Waals surface area (Å²) in [6, 6.07) is 5.69. The number of nitrogens with zero attached hydrogens (tertiary/aromatic N) is 1. The first-order valence-corrected chi connectivity index (χ1v) is 7.37. The first-order valence-electron chi connectivity index (χ1n) is 7.37. The van der Waals surface area contributed by atoms with Crippen molar-refractivity contribution in [1.29, 1.82) is 0 Å². The van der Waals surface area contributed by atoms with Crippen LogP contribution in [0.2, 0.25) is 0 Å². The summed E-state index contributed by atoms with van der Waals surface area (Å²) >= 11 is 0. The van der Waals surface area contributed by atoms with E-state index in [1.54, 1.807) is 6.07 Å². The highest BCUT2D eigenvalue weighted by Gasteiger charge is 2.18. The number of hydrogen-bond acceptors (Lipinski definition) is 3. The Balaban J connectivity index is 2.03. The maximum absolute atomic E-state index is 14.3. The number of halogens is 1. The SMILES string of the molecule is CNC(C)c1ccc(N(C)CC2CCOCC2)c(F)c1. The molecule has 3 nitrogen and oxygen atoms in total. The molecule has 1 atom stereocenters. The predicted octanol–water partition coefficient (Wildman–Crippen LogP) is 2.97. The molecule has 1 unspecified atom stereocenters. The van der Waals surface area contributed by atoms with Gasteiger partial charge in [-0.1, -0.05) is 6.07 Å². The maximum atomic E-state index is 14.3. The van der Waals surface area contributed by atoms with Gasteiger partial charge in [0.15, 0.2) is 0 Å². The van der Waals surface area contributed by atoms with Crippen LogP contribution in [-0.2, 0) is 4.74 Å². The molecule has 1 aliphatic heterocycles. The van der Waals surface area contributed by atoms with E-state index in [1.165, 1.54) is 0 Å². The Kier molecular flexibility index (Phi) is 5.38. The molecule has 0 spiro atoms. The van der Waals surface area contributed by atoms with E-state index in [1.807, 2.05) is 38.1 Å². The van der Waals surface area contributed by atoms with Gasteiger partial charge in [0.2, 0.25) is 0 Å². The lowest BCUT2D eigenvalue weighted by molar-refractivity contribution is 0.0685. The van der Waals surface area contributed by atoms with E-state index in [2.05, 4.69) is 5.32 Å². The van der Waals surface area contributed by atoms with Crippen LogP contribution in [0.25, 0.3) is 0 Å². The molecule has 1 N–H and O–H groups in total. The van der Waals surface area contributed by atoms with Crippen molar-refractivity contribution in [2.24, 2.45) is 5.92 Å². The van der Waals surface area contributed by atoms with Crippen molar-refractivity contribution in [1.82, 2.24) is 5.32 Å². The summed E-state index contributed by atoms with van der Waals surface area (Å²) in [6.07, 6.45) is 2.14. The van der Waals surface area contributed by atoms with Crippen molar-refractivity contribution in [2.75, 3.05) is 38.8 Å². The molecule has 20 heavy (non-hydrogen) atoms. The van der Waals surface area contributed by atoms with Gasteiger partial charge in [0.25, 0.3) is 0 Å². The third kappa shape index (κ3) is 3.70. The van der Waals surface area contributed by atoms with Gasteiger partial charge in [-0.3, -0.25) is 0 Å². The van der Waals surface area contributed by atoms with E-state index in [0.29, 0.717) is 11.6 Å². The molecule has 1 heterocycles. The lowest BCUT2D eigenvalue weighted by Gasteiger charge is -2.29. The highest BCUT2D eigenvalue weighted by atomic mass is 19.1. The van der Waals surface area contributed by atoms with E-state index in [4.69, 9.17) is 4.74 Å². The summed E-state index contributed by atoms with van der Waals surface area (Å²) in [5, 5.41) is 3.13. The zero-order chi connectivity index (χ0) is 14.5. The molecule has 0 amide bonds. The second-order valence-electron chi connectivity index (χ2n) is 5.66. The van der Waals surface area contributed by atoms with Crippen LogP contribution in [0, 0.1) is 11.7 Å². The zero-order valence-corrected chi connectivity index (χ0v) is 12.7. The smallest absolute Gasteiger partial charge is 0.146 e. The number of rotatable bonds is 5. The summed E-state index contributed by atoms with van der Waals surface area (Å²) in [7, 11) is 3.85. The van der Waals surface area contributed by atoms with Crippen molar-refractivity contribution in [3.8, 4) is 0 Å². The monoisotopic (exact) mass is 280 g/mol. The molecule has 1 aliphatic rings. The summed E-state index contributed by atoms with van der Waals surface area (Å²) in [4.78, 5) is 2.03. The molecule has 0 aliphatic carbocycles. The molecule has 0 bridgehead atoms. The fourth-order valence-corrected chi connectivity index (χ4v) is 2.68. The Hall–Kier alpha value is -1.13. The Morgan fingerprint density at radius 2 is 2.10 bits per heavy atom. The van der Waals surface area contributed by atoms with Crippen LogP contribution in [0.1, 0.15) is 31.4 Å². The minimum absolute atomic E-state index is 0.140. The van der Waals surface area contributed by atoms with Crippen LogP contribution in [-0.4, -0.2) is 33.9 Å². The first-order chi connectivity index (χ1) is 9.61. The molecular formula is C16H25FN2O. The molecule has 4 heteroatoms. The van der Waals surface area contributed by atoms with Gasteiger partial charge in [0.1, 0.15) is 5.82 Å². The molecule has 0 saturated carbocycles. The Morgan fingerprint density at radius 3 is 2.70 bits per heavy atom. The zero-order valence-electron chi connectivity index (χ0n) is 12.7. The highest BCUT2D eigenvalue weighted by molar-refractivity contribution is 5.49. The average molecular weight is 280 g/mol. The van der Waals surface area contributed by atoms with Crippen molar-refractivity contribution in [3.05, 3.63) is 29.6 Å². The van der Waals surface area contributed by atoms with Crippen LogP contribution in [0.15, 0.2) is 18.2 Å². The van der Waals surface area contributed by atoms with Gasteiger partial charge in [-0.2, -0.15) is 0 Å². The Labute approximate surface area is 121 Å². The van der Waals surface area contributed by atoms with E-state index in [0.717, 1.165) is 38.2 Å². The molecule has 0 radical (unpaired) electrons. The fraction of sp³-hybridized carbons (Fsp3) is 0.625. The standard InChI is InChI=1S/C16H25FN2O/c1-12(18-2)14-4-5-16(15(17)10-14)19(3)11-13-6-8-20-9-7-13/h4-5,10,12-13,18H,6-9,11H2,1-3H3. The van der Waals surface area contributed by atoms with E-state index in [9.17, 15) is 4.39 Å². The number of benzene rings is 1. The van der Waals surface area contributed by atoms with Crippen molar-refractivity contribution < 1.29 is 9.13 Å². The molecule has 1 aromatic rings. The largest absolute Gasteiger partial charge is 0.381 e. The van der Waals surface area contributed by atoms with Gasteiger partial charge < -0.3 is 15.0 Å². The summed E-state index contributed by atoms with van der Waals surface area (Å²) in [5.41, 5.74) is 1.66. The Bertz CT molecular complexity index is 432. The normalized spacial score (nSPS) is 18.0. The lowest BCUT2D eigenvalue weighted by atomic mass is 9.99. The van der Waals surface area contributed by atoms with Crippen LogP contribution in [0.4, 0.5) is 10.1 Å². The number of nitrogens with one attached hydrogen (secondary N) is 1. The fourth-order valence-electron chi connectivity index (χ4n) is 2.68. The van der Waals surface area contributed by atoms with Crippen molar-refractivity contribution >= 4 is 5.69 Å². The maximum Gasteiger partial charge on any atom is 0.146 e. The minimum atomic E-state index is -0.140. The average Bonchev–Trinajstić information content (AvgIpc) is 2.47. The summed E-state index contributed by atoms with van der Waals surface area (Å²) in [5.74, 6) is 0.461. The molecule has 1 saturated heterocycles. The number of ether oxygens (including phenoxy) is 1. The second-order valence-corrected chi connectivity index (χ2v) is 5.66. The van der Waals surface area contributed by atoms with Gasteiger partial charge in [-0.15, -0.1) is 0 Å². The second kappa shape index (κ2) is 7.04. The minimum Gasteiger partial charge on any atom is -0.381 e. The van der Waals surface area contributed by atoms with Crippen LogP contribution >= 0.6 is 0 Å². The third-order valence-corrected chi connectivity index (χ3v) is 4.19. The molecule has 1 fully saturated rings. The lowest BCUT2D eigenvalue weighted by Crippen LogP contribution is -2.30. The number of hydrogen-bond donors (Lipinski definition) is 1. The highest BCUT2D eigenvalue weighted by Crippen LogP contribution is 2.25. The summed E-state index contributed by atoms with van der Waals surface area (Å²) < 4.78 is 19.6. The van der Waals surface area contributed by atoms with Gasteiger partial charge in [0, 0.05) is 32.8 Å². The molecule has 1 aromatic carbocycles. The van der Waals surface area contributed by atoms with Gasteiger partial charge >= 0.3 is 0 Å². The van der Waals surface area contributed by atoms with Crippen LogP contribution in [0.5, 0.6) is 0 Å². The third-order valence-electron chi connectivity index (χ3n) is 4.19. The topological polar surface area (TPSA) is 24.5 Å².